The molecule has 0 spiro atoms. The van der Waals surface area contributed by atoms with Crippen LogP contribution < -0.4 is 5.73 Å². The topological polar surface area (TPSA) is 35.2 Å². The van der Waals surface area contributed by atoms with Crippen molar-refractivity contribution < 1.29 is 9.13 Å². The third-order valence-electron chi connectivity index (χ3n) is 4.21. The average molecular weight is 279 g/mol. The molecule has 0 radical (unpaired) electrons. The molecule has 2 nitrogen and oxygen atoms in total. The summed E-state index contributed by atoms with van der Waals surface area (Å²) in [4.78, 5) is 0. The number of rotatable bonds is 4. The molecule has 0 aromatic heterocycles. The van der Waals surface area contributed by atoms with E-state index in [0.717, 1.165) is 24.0 Å². The molecule has 1 aromatic carbocycles. The summed E-state index contributed by atoms with van der Waals surface area (Å²) in [6.45, 7) is 7.79. The lowest BCUT2D eigenvalue weighted by Crippen LogP contribution is -2.32. The van der Waals surface area contributed by atoms with Crippen LogP contribution in [0.3, 0.4) is 0 Å². The number of hydrogen-bond acceptors (Lipinski definition) is 2. The first-order valence-corrected chi connectivity index (χ1v) is 7.48. The molecule has 0 saturated heterocycles. The lowest BCUT2D eigenvalue weighted by molar-refractivity contribution is -0.0318. The van der Waals surface area contributed by atoms with Crippen molar-refractivity contribution in [3.8, 4) is 0 Å². The van der Waals surface area contributed by atoms with E-state index in [2.05, 4.69) is 20.8 Å². The Morgan fingerprint density at radius 2 is 2.05 bits per heavy atom. The van der Waals surface area contributed by atoms with Gasteiger partial charge >= 0.3 is 0 Å². The molecule has 1 fully saturated rings. The normalized spacial score (nSPS) is 25.6. The maximum atomic E-state index is 13.2. The summed E-state index contributed by atoms with van der Waals surface area (Å²) in [5, 5.41) is 0. The first kappa shape index (κ1) is 15.5. The Morgan fingerprint density at radius 1 is 1.30 bits per heavy atom. The van der Waals surface area contributed by atoms with Gasteiger partial charge in [0.1, 0.15) is 5.82 Å². The second-order valence-corrected chi connectivity index (χ2v) is 6.96. The van der Waals surface area contributed by atoms with Crippen LogP contribution in [0.4, 0.5) is 4.39 Å². The van der Waals surface area contributed by atoms with E-state index >= 15 is 0 Å². The summed E-state index contributed by atoms with van der Waals surface area (Å²) >= 11 is 0. The molecule has 1 saturated carbocycles. The predicted molar refractivity (Wildman–Crippen MR) is 79.7 cm³/mol. The number of halogens is 1. The third kappa shape index (κ3) is 4.03. The predicted octanol–water partition coefficient (Wildman–Crippen LogP) is 4.02. The van der Waals surface area contributed by atoms with Gasteiger partial charge in [0.25, 0.3) is 0 Å². The lowest BCUT2D eigenvalue weighted by atomic mass is 9.71. The summed E-state index contributed by atoms with van der Waals surface area (Å²) in [6, 6.07) is 4.77. The Bertz CT molecular complexity index is 458. The van der Waals surface area contributed by atoms with Crippen LogP contribution in [0.25, 0.3) is 0 Å². The second-order valence-electron chi connectivity index (χ2n) is 6.96. The number of ether oxygens (including phenoxy) is 1. The molecule has 0 bridgehead atoms. The van der Waals surface area contributed by atoms with E-state index in [4.69, 9.17) is 10.5 Å². The van der Waals surface area contributed by atoms with Gasteiger partial charge < -0.3 is 10.5 Å². The molecule has 2 unspecified atom stereocenters. The van der Waals surface area contributed by atoms with Crippen molar-refractivity contribution in [2.45, 2.75) is 59.3 Å². The molecule has 1 aromatic rings. The molecular formula is C17H26FNO. The number of nitrogens with two attached hydrogens (primary N) is 1. The van der Waals surface area contributed by atoms with Crippen molar-refractivity contribution in [1.29, 1.82) is 0 Å². The molecule has 20 heavy (non-hydrogen) atoms. The molecule has 0 amide bonds. The van der Waals surface area contributed by atoms with E-state index in [9.17, 15) is 4.39 Å². The Kier molecular flexibility index (Phi) is 4.82. The van der Waals surface area contributed by atoms with Gasteiger partial charge in [-0.2, -0.15) is 0 Å². The number of hydrogen-bond donors (Lipinski definition) is 1. The van der Waals surface area contributed by atoms with Crippen molar-refractivity contribution in [3.05, 3.63) is 35.1 Å². The number of benzene rings is 1. The Labute approximate surface area is 121 Å². The van der Waals surface area contributed by atoms with E-state index in [1.807, 2.05) is 0 Å². The van der Waals surface area contributed by atoms with Crippen molar-refractivity contribution in [1.82, 2.24) is 0 Å². The SMILES string of the molecule is CC1CC(OCc2ccc(F)cc2CN)CC(C)(C)C1. The minimum atomic E-state index is -0.235. The summed E-state index contributed by atoms with van der Waals surface area (Å²) in [5.74, 6) is 0.465. The van der Waals surface area contributed by atoms with E-state index < -0.39 is 0 Å². The van der Waals surface area contributed by atoms with Crippen LogP contribution in [0.5, 0.6) is 0 Å². The van der Waals surface area contributed by atoms with E-state index in [1.165, 1.54) is 18.6 Å². The van der Waals surface area contributed by atoms with Crippen molar-refractivity contribution in [2.24, 2.45) is 17.1 Å². The minimum Gasteiger partial charge on any atom is -0.374 e. The maximum absolute atomic E-state index is 13.2. The molecule has 2 N–H and O–H groups in total. The molecule has 2 rings (SSSR count). The monoisotopic (exact) mass is 279 g/mol. The summed E-state index contributed by atoms with van der Waals surface area (Å²) in [6.07, 6.45) is 3.76. The molecule has 3 heteroatoms. The second kappa shape index (κ2) is 6.23. The van der Waals surface area contributed by atoms with Crippen molar-refractivity contribution in [2.75, 3.05) is 0 Å². The zero-order valence-electron chi connectivity index (χ0n) is 12.8. The van der Waals surface area contributed by atoms with E-state index in [1.54, 1.807) is 6.07 Å². The summed E-state index contributed by atoms with van der Waals surface area (Å²) in [5.41, 5.74) is 7.87. The molecular weight excluding hydrogens is 253 g/mol. The zero-order chi connectivity index (χ0) is 14.8. The van der Waals surface area contributed by atoms with Gasteiger partial charge in [-0.25, -0.2) is 4.39 Å². The van der Waals surface area contributed by atoms with Gasteiger partial charge in [-0.1, -0.05) is 26.8 Å². The van der Waals surface area contributed by atoms with E-state index in [0.29, 0.717) is 30.6 Å². The fourth-order valence-electron chi connectivity index (χ4n) is 3.52. The summed E-state index contributed by atoms with van der Waals surface area (Å²) in [7, 11) is 0. The third-order valence-corrected chi connectivity index (χ3v) is 4.21. The highest BCUT2D eigenvalue weighted by molar-refractivity contribution is 5.27. The fraction of sp³-hybridized carbons (Fsp3) is 0.647. The molecule has 1 aliphatic carbocycles. The van der Waals surface area contributed by atoms with Gasteiger partial charge in [-0.15, -0.1) is 0 Å². The molecule has 2 atom stereocenters. The highest BCUT2D eigenvalue weighted by Gasteiger charge is 2.32. The minimum absolute atomic E-state index is 0.235. The van der Waals surface area contributed by atoms with Crippen LogP contribution >= 0.6 is 0 Å². The molecule has 112 valence electrons. The summed E-state index contributed by atoms with van der Waals surface area (Å²) < 4.78 is 19.3. The van der Waals surface area contributed by atoms with Crippen LogP contribution in [0.2, 0.25) is 0 Å². The van der Waals surface area contributed by atoms with Gasteiger partial charge in [-0.3, -0.25) is 0 Å². The lowest BCUT2D eigenvalue weighted by Gasteiger charge is -2.38. The van der Waals surface area contributed by atoms with Crippen molar-refractivity contribution >= 4 is 0 Å². The highest BCUT2D eigenvalue weighted by atomic mass is 19.1. The molecule has 0 heterocycles. The quantitative estimate of drug-likeness (QED) is 0.903. The van der Waals surface area contributed by atoms with Gasteiger partial charge in [0, 0.05) is 6.54 Å². The molecule has 0 aliphatic heterocycles. The van der Waals surface area contributed by atoms with Crippen LogP contribution in [-0.2, 0) is 17.9 Å². The Morgan fingerprint density at radius 3 is 2.70 bits per heavy atom. The Hall–Kier alpha value is -0.930. The van der Waals surface area contributed by atoms with Crippen LogP contribution in [0.15, 0.2) is 18.2 Å². The van der Waals surface area contributed by atoms with Crippen molar-refractivity contribution in [3.63, 3.8) is 0 Å². The van der Waals surface area contributed by atoms with Gasteiger partial charge in [0.15, 0.2) is 0 Å². The standard InChI is InChI=1S/C17H26FNO/c1-12-6-16(9-17(2,3)8-12)20-11-13-4-5-15(18)7-14(13)10-19/h4-5,7,12,16H,6,8-11,19H2,1-3H3. The van der Waals surface area contributed by atoms with Crippen LogP contribution in [0, 0.1) is 17.2 Å². The zero-order valence-corrected chi connectivity index (χ0v) is 12.8. The highest BCUT2D eigenvalue weighted by Crippen LogP contribution is 2.39. The smallest absolute Gasteiger partial charge is 0.123 e. The van der Waals surface area contributed by atoms with Crippen LogP contribution in [0.1, 0.15) is 51.2 Å². The van der Waals surface area contributed by atoms with E-state index in [-0.39, 0.29) is 5.82 Å². The maximum Gasteiger partial charge on any atom is 0.123 e. The Balaban J connectivity index is 1.98. The van der Waals surface area contributed by atoms with Crippen LogP contribution in [-0.4, -0.2) is 6.10 Å². The van der Waals surface area contributed by atoms with Gasteiger partial charge in [-0.05, 0) is 53.9 Å². The fourth-order valence-corrected chi connectivity index (χ4v) is 3.52. The largest absolute Gasteiger partial charge is 0.374 e. The molecule has 1 aliphatic rings. The van der Waals surface area contributed by atoms with Gasteiger partial charge in [0.05, 0.1) is 12.7 Å². The first-order chi connectivity index (χ1) is 9.39. The van der Waals surface area contributed by atoms with Gasteiger partial charge in [0.2, 0.25) is 0 Å². The first-order valence-electron chi connectivity index (χ1n) is 7.48. The average Bonchev–Trinajstić information content (AvgIpc) is 2.34.